The second kappa shape index (κ2) is 4.51. The van der Waals surface area contributed by atoms with E-state index in [4.69, 9.17) is 0 Å². The van der Waals surface area contributed by atoms with Crippen molar-refractivity contribution in [1.82, 2.24) is 14.9 Å². The van der Waals surface area contributed by atoms with E-state index in [-0.39, 0.29) is 0 Å². The molecule has 0 saturated carbocycles. The molecule has 1 aromatic rings. The fourth-order valence-electron chi connectivity index (χ4n) is 1.88. The molecule has 1 aliphatic rings. The van der Waals surface area contributed by atoms with Crippen LogP contribution in [0.2, 0.25) is 0 Å². The van der Waals surface area contributed by atoms with Crippen molar-refractivity contribution in [2.45, 2.75) is 26.2 Å². The first-order valence-electron chi connectivity index (χ1n) is 5.23. The van der Waals surface area contributed by atoms with Crippen molar-refractivity contribution in [1.29, 1.82) is 0 Å². The fourth-order valence-corrected chi connectivity index (χ4v) is 1.88. The normalized spacial score (nSPS) is 18.7. The predicted octanol–water partition coefficient (Wildman–Crippen LogP) is 1.86. The average molecular weight is 190 g/mol. The molecule has 1 saturated heterocycles. The highest BCUT2D eigenvalue weighted by Crippen LogP contribution is 2.20. The standard InChI is InChI=1S/C11H16N3/c1-10(11-9-12-5-6-13-11)14-7-3-2-4-8-14/h5-6,9H,2-4,7-8H2,1H3. The molecule has 1 aromatic heterocycles. The van der Waals surface area contributed by atoms with Crippen molar-refractivity contribution in [3.8, 4) is 0 Å². The number of hydrogen-bond donors (Lipinski definition) is 0. The largest absolute Gasteiger partial charge is 0.291 e. The smallest absolute Gasteiger partial charge is 0.0862 e. The Balaban J connectivity index is 2.03. The summed E-state index contributed by atoms with van der Waals surface area (Å²) < 4.78 is 0. The Morgan fingerprint density at radius 2 is 2.00 bits per heavy atom. The van der Waals surface area contributed by atoms with E-state index in [1.165, 1.54) is 38.4 Å². The van der Waals surface area contributed by atoms with Crippen molar-refractivity contribution in [2.75, 3.05) is 13.1 Å². The topological polar surface area (TPSA) is 29.0 Å². The summed E-state index contributed by atoms with van der Waals surface area (Å²) in [7, 11) is 0. The Morgan fingerprint density at radius 1 is 1.21 bits per heavy atom. The second-order valence-electron chi connectivity index (χ2n) is 3.72. The Labute approximate surface area is 85.2 Å². The Hall–Kier alpha value is -0.960. The first-order valence-corrected chi connectivity index (χ1v) is 5.23. The van der Waals surface area contributed by atoms with Gasteiger partial charge in [0, 0.05) is 12.4 Å². The highest BCUT2D eigenvalue weighted by molar-refractivity contribution is 5.16. The fraction of sp³-hybridized carbons (Fsp3) is 0.545. The number of nitrogens with zero attached hydrogens (tertiary/aromatic N) is 3. The molecule has 2 heterocycles. The van der Waals surface area contributed by atoms with Gasteiger partial charge in [-0.05, 0) is 32.9 Å². The predicted molar refractivity (Wildman–Crippen MR) is 55.5 cm³/mol. The van der Waals surface area contributed by atoms with Crippen molar-refractivity contribution in [3.05, 3.63) is 30.3 Å². The molecule has 0 unspecified atom stereocenters. The number of aromatic nitrogens is 2. The summed E-state index contributed by atoms with van der Waals surface area (Å²) in [6.07, 6.45) is 9.28. The second-order valence-corrected chi connectivity index (χ2v) is 3.72. The summed E-state index contributed by atoms with van der Waals surface area (Å²) >= 11 is 0. The monoisotopic (exact) mass is 190 g/mol. The molecule has 2 rings (SSSR count). The molecule has 1 radical (unpaired) electrons. The van der Waals surface area contributed by atoms with Gasteiger partial charge in [0.2, 0.25) is 0 Å². The van der Waals surface area contributed by atoms with Crippen LogP contribution in [0.25, 0.3) is 0 Å². The minimum absolute atomic E-state index is 1.01. The summed E-state index contributed by atoms with van der Waals surface area (Å²) in [4.78, 5) is 10.8. The maximum atomic E-state index is 4.31. The minimum atomic E-state index is 1.01. The zero-order valence-electron chi connectivity index (χ0n) is 8.61. The van der Waals surface area contributed by atoms with Crippen LogP contribution in [0, 0.1) is 6.04 Å². The lowest BCUT2D eigenvalue weighted by Gasteiger charge is -2.30. The number of hydrogen-bond acceptors (Lipinski definition) is 3. The maximum Gasteiger partial charge on any atom is 0.0862 e. The minimum Gasteiger partial charge on any atom is -0.291 e. The summed E-state index contributed by atoms with van der Waals surface area (Å²) in [5, 5.41) is 0. The zero-order valence-corrected chi connectivity index (χ0v) is 8.61. The molecule has 1 fully saturated rings. The molecule has 0 atom stereocenters. The molecular weight excluding hydrogens is 174 g/mol. The van der Waals surface area contributed by atoms with Crippen LogP contribution in [-0.4, -0.2) is 28.0 Å². The molecule has 1 aliphatic heterocycles. The van der Waals surface area contributed by atoms with Gasteiger partial charge < -0.3 is 0 Å². The van der Waals surface area contributed by atoms with Gasteiger partial charge in [-0.2, -0.15) is 0 Å². The third kappa shape index (κ3) is 2.10. The maximum absolute atomic E-state index is 4.31. The number of rotatable bonds is 2. The Bertz CT molecular complexity index is 267. The first kappa shape index (κ1) is 9.59. The summed E-state index contributed by atoms with van der Waals surface area (Å²) in [5.74, 6) is 0. The van der Waals surface area contributed by atoms with Gasteiger partial charge in [0.25, 0.3) is 0 Å². The first-order chi connectivity index (χ1) is 6.88. The van der Waals surface area contributed by atoms with Crippen molar-refractivity contribution in [3.63, 3.8) is 0 Å². The van der Waals surface area contributed by atoms with Crippen molar-refractivity contribution in [2.24, 2.45) is 0 Å². The zero-order chi connectivity index (χ0) is 9.80. The van der Waals surface area contributed by atoms with E-state index >= 15 is 0 Å². The van der Waals surface area contributed by atoms with Gasteiger partial charge in [-0.3, -0.25) is 14.9 Å². The molecule has 3 nitrogen and oxygen atoms in total. The Kier molecular flexibility index (Phi) is 3.09. The van der Waals surface area contributed by atoms with Gasteiger partial charge in [-0.15, -0.1) is 0 Å². The van der Waals surface area contributed by atoms with Gasteiger partial charge in [-0.1, -0.05) is 6.42 Å². The molecule has 14 heavy (non-hydrogen) atoms. The molecule has 0 amide bonds. The Morgan fingerprint density at radius 3 is 2.64 bits per heavy atom. The number of piperidine rings is 1. The van der Waals surface area contributed by atoms with Crippen LogP contribution in [0.1, 0.15) is 31.9 Å². The average Bonchev–Trinajstić information content (AvgIpc) is 2.30. The van der Waals surface area contributed by atoms with E-state index in [2.05, 4.69) is 21.8 Å². The summed E-state index contributed by atoms with van der Waals surface area (Å²) in [6, 6.07) is 1.26. The van der Waals surface area contributed by atoms with Crippen LogP contribution in [0.4, 0.5) is 0 Å². The molecule has 0 aromatic carbocycles. The molecule has 3 heteroatoms. The van der Waals surface area contributed by atoms with Crippen LogP contribution < -0.4 is 0 Å². The van der Waals surface area contributed by atoms with Crippen molar-refractivity contribution >= 4 is 0 Å². The quantitative estimate of drug-likeness (QED) is 0.712. The van der Waals surface area contributed by atoms with E-state index in [1.807, 2.05) is 6.20 Å². The van der Waals surface area contributed by atoms with Crippen LogP contribution in [-0.2, 0) is 0 Å². The van der Waals surface area contributed by atoms with E-state index in [9.17, 15) is 0 Å². The molecule has 75 valence electrons. The van der Waals surface area contributed by atoms with Gasteiger partial charge in [-0.25, -0.2) is 0 Å². The van der Waals surface area contributed by atoms with Crippen molar-refractivity contribution < 1.29 is 0 Å². The van der Waals surface area contributed by atoms with E-state index in [0.717, 1.165) is 5.69 Å². The highest BCUT2D eigenvalue weighted by Gasteiger charge is 2.19. The van der Waals surface area contributed by atoms with Gasteiger partial charge >= 0.3 is 0 Å². The van der Waals surface area contributed by atoms with Gasteiger partial charge in [0.15, 0.2) is 0 Å². The highest BCUT2D eigenvalue weighted by atomic mass is 15.2. The van der Waals surface area contributed by atoms with Gasteiger partial charge in [0.1, 0.15) is 0 Å². The molecule has 0 aliphatic carbocycles. The van der Waals surface area contributed by atoms with Crippen LogP contribution in [0.3, 0.4) is 0 Å². The number of likely N-dealkylation sites (tertiary alicyclic amines) is 1. The SMILES string of the molecule is C[C](c1cnccn1)N1CCCCC1. The van der Waals surface area contributed by atoms with E-state index < -0.39 is 0 Å². The third-order valence-corrected chi connectivity index (χ3v) is 2.76. The third-order valence-electron chi connectivity index (χ3n) is 2.76. The van der Waals surface area contributed by atoms with E-state index in [0.29, 0.717) is 0 Å². The van der Waals surface area contributed by atoms with E-state index in [1.54, 1.807) is 12.4 Å². The molecule has 0 spiro atoms. The van der Waals surface area contributed by atoms with Crippen LogP contribution in [0.5, 0.6) is 0 Å². The lowest BCUT2D eigenvalue weighted by atomic mass is 10.1. The lowest BCUT2D eigenvalue weighted by Crippen LogP contribution is -2.33. The summed E-state index contributed by atoms with van der Waals surface area (Å²) in [5.41, 5.74) is 1.01. The molecule has 0 bridgehead atoms. The molecular formula is C11H16N3. The molecule has 0 N–H and O–H groups in total. The summed E-state index contributed by atoms with van der Waals surface area (Å²) in [6.45, 7) is 4.47. The van der Waals surface area contributed by atoms with Crippen LogP contribution >= 0.6 is 0 Å². The van der Waals surface area contributed by atoms with Gasteiger partial charge in [0.05, 0.1) is 17.9 Å². The lowest BCUT2D eigenvalue weighted by molar-refractivity contribution is 0.250. The van der Waals surface area contributed by atoms with Crippen LogP contribution in [0.15, 0.2) is 18.6 Å².